The van der Waals surface area contributed by atoms with Gasteiger partial charge >= 0.3 is 5.97 Å². The second-order valence-electron chi connectivity index (χ2n) is 22.9. The van der Waals surface area contributed by atoms with Gasteiger partial charge in [-0.3, -0.25) is 14.4 Å². The molecular weight excluding hydrogens is 987 g/mol. The van der Waals surface area contributed by atoms with Crippen molar-refractivity contribution < 1.29 is 62.5 Å². The van der Waals surface area contributed by atoms with Crippen molar-refractivity contribution in [3.05, 3.63) is 59.8 Å². The van der Waals surface area contributed by atoms with E-state index in [1.165, 1.54) is 4.90 Å². The number of cyclic esters (lactones) is 1. The normalized spacial score (nSPS) is 37.3. The Bertz CT molecular complexity index is 2110. The van der Waals surface area contributed by atoms with Crippen LogP contribution in [0, 0.1) is 41.4 Å². The van der Waals surface area contributed by atoms with Crippen molar-refractivity contribution in [1.82, 2.24) is 10.3 Å². The number of Topliss-reactive ketones (excluding diaryl/α,β-unsaturated/α-hetero) is 2. The van der Waals surface area contributed by atoms with Gasteiger partial charge in [0, 0.05) is 64.4 Å². The lowest BCUT2D eigenvalue weighted by atomic mass is 9.78. The topological polar surface area (TPSA) is 253 Å². The van der Waals surface area contributed by atoms with E-state index in [4.69, 9.17) is 44.8 Å². The Kier molecular flexibility index (Phi) is 25.7. The van der Waals surface area contributed by atoms with Gasteiger partial charge in [0.2, 0.25) is 5.79 Å². The molecule has 15 atom stereocenters. The quantitative estimate of drug-likeness (QED) is 0.0244. The molecule has 15 unspecified atom stereocenters. The first-order chi connectivity index (χ1) is 36.7. The molecule has 2 bridgehead atoms. The van der Waals surface area contributed by atoms with E-state index < -0.39 is 71.8 Å². The number of esters is 1. The third-order valence-corrected chi connectivity index (χ3v) is 16.9. The van der Waals surface area contributed by atoms with Gasteiger partial charge in [-0.15, -0.1) is 0 Å². The van der Waals surface area contributed by atoms with Crippen molar-refractivity contribution in [2.45, 2.75) is 193 Å². The van der Waals surface area contributed by atoms with Crippen LogP contribution >= 0.6 is 0 Å². The summed E-state index contributed by atoms with van der Waals surface area (Å²) in [7, 11) is 3.20. The van der Waals surface area contributed by atoms with Crippen molar-refractivity contribution >= 4 is 29.3 Å². The molecule has 18 heteroatoms. The molecule has 7 N–H and O–H groups in total. The lowest BCUT2D eigenvalue weighted by Crippen LogP contribution is -2.61. The number of fused-ring (bicyclic) bond motifs is 3. The number of piperidine rings is 1. The summed E-state index contributed by atoms with van der Waals surface area (Å²) in [5.74, 6) is 4.78. The number of hydrogen-bond acceptors (Lipinski definition) is 16. The van der Waals surface area contributed by atoms with Crippen molar-refractivity contribution in [2.24, 2.45) is 58.2 Å². The fourth-order valence-corrected chi connectivity index (χ4v) is 11.6. The first-order valence-corrected chi connectivity index (χ1v) is 28.4. The Morgan fingerprint density at radius 2 is 1.68 bits per heavy atom. The predicted octanol–water partition coefficient (Wildman–Crippen LogP) is 6.72. The fourth-order valence-electron chi connectivity index (χ4n) is 11.6. The maximum Gasteiger partial charge on any atom is 0.329 e. The highest BCUT2D eigenvalue weighted by Gasteiger charge is 2.53. The molecule has 77 heavy (non-hydrogen) atoms. The SMILES string of the molecule is C=C1C(C)CC(C)/C=C/C=C/C=C(\C)C(OCCC2COC2)CC2CCC(C)C(O)(O2)C(=O)C(=O)N2CCCCC2C(=O)OC(C(C)CC2CCC(OCC/C(=N/N)NN)C(OC)C2)CC(=O)C(C)/C=C(\C)C(O)C1OC. The van der Waals surface area contributed by atoms with Gasteiger partial charge in [-0.25, -0.2) is 10.6 Å². The molecule has 4 fully saturated rings. The number of allylic oxidation sites excluding steroid dienone is 6. The minimum Gasteiger partial charge on any atom is -0.460 e. The van der Waals surface area contributed by atoms with Gasteiger partial charge in [0.25, 0.3) is 11.7 Å². The van der Waals surface area contributed by atoms with Crippen LogP contribution < -0.4 is 17.1 Å². The van der Waals surface area contributed by atoms with Crippen LogP contribution in [0.3, 0.4) is 0 Å². The van der Waals surface area contributed by atoms with Crippen molar-refractivity contribution in [2.75, 3.05) is 47.2 Å². The maximum atomic E-state index is 14.7. The molecule has 18 nitrogen and oxygen atoms in total. The molecule has 0 aromatic carbocycles. The number of methoxy groups -OCH3 is 2. The molecule has 1 aliphatic carbocycles. The van der Waals surface area contributed by atoms with E-state index in [-0.39, 0.29) is 61.0 Å². The highest BCUT2D eigenvalue weighted by molar-refractivity contribution is 6.39. The molecule has 1 amide bonds. The summed E-state index contributed by atoms with van der Waals surface area (Å²) in [4.78, 5) is 59.4. The van der Waals surface area contributed by atoms with E-state index in [0.717, 1.165) is 30.4 Å². The maximum absolute atomic E-state index is 14.7. The Labute approximate surface area is 458 Å². The van der Waals surface area contributed by atoms with E-state index in [0.29, 0.717) is 102 Å². The zero-order chi connectivity index (χ0) is 56.4. The summed E-state index contributed by atoms with van der Waals surface area (Å²) in [6.45, 7) is 20.1. The summed E-state index contributed by atoms with van der Waals surface area (Å²) in [5, 5.41) is 27.6. The average molecular weight is 1080 g/mol. The van der Waals surface area contributed by atoms with E-state index >= 15 is 0 Å². The lowest BCUT2D eigenvalue weighted by molar-refractivity contribution is -0.266. The van der Waals surface area contributed by atoms with Crippen LogP contribution in [0.2, 0.25) is 0 Å². The molecular formula is C59H95N5O13. The average Bonchev–Trinajstić information content (AvgIpc) is 3.41. The zero-order valence-electron chi connectivity index (χ0n) is 47.7. The van der Waals surface area contributed by atoms with Gasteiger partial charge in [0.15, 0.2) is 0 Å². The number of hydrazine groups is 1. The minimum atomic E-state index is -2.44. The molecule has 4 aliphatic heterocycles. The second-order valence-corrected chi connectivity index (χ2v) is 22.9. The highest BCUT2D eigenvalue weighted by atomic mass is 16.6. The van der Waals surface area contributed by atoms with Gasteiger partial charge in [-0.05, 0) is 125 Å². The summed E-state index contributed by atoms with van der Waals surface area (Å²) in [6.07, 6.45) is 14.9. The van der Waals surface area contributed by atoms with Crippen molar-refractivity contribution in [1.29, 1.82) is 0 Å². The Hall–Kier alpha value is -4.11. The number of ether oxygens (including phenoxy) is 7. The summed E-state index contributed by atoms with van der Waals surface area (Å²) in [6, 6.07) is -1.14. The number of carbonyl (C=O) groups is 4. The number of ketones is 2. The van der Waals surface area contributed by atoms with Crippen LogP contribution in [0.15, 0.2) is 64.9 Å². The number of rotatable bonds is 13. The van der Waals surface area contributed by atoms with Gasteiger partial charge in [-0.1, -0.05) is 77.7 Å². The number of hydrazone groups is 1. The fraction of sp³-hybridized carbons (Fsp3) is 0.746. The van der Waals surface area contributed by atoms with Crippen molar-refractivity contribution in [3.8, 4) is 0 Å². The molecule has 1 saturated carbocycles. The number of carbonyl (C=O) groups excluding carboxylic acids is 4. The predicted molar refractivity (Wildman–Crippen MR) is 294 cm³/mol. The standard InChI is InChI=1S/C59H95N5O13/c1-36-16-12-11-13-17-37(2)50(75-26-23-45-34-73-35-45)32-46-21-19-42(7)59(70,77-46)56(67)57(68)64-25-15-14-18-47(64)58(69)76-51(33-48(65)39(4)29-41(6)54(66)55(72-10)43(8)38(3)28-36)40(5)30-44-20-22-49(52(31-44)71-9)74-27-24-53(62-60)63-61/h11-13,16-17,29,36,38-40,42,44-47,49-52,54-55,66,70H,8,14-15,18-28,30-35,60-61H2,1-7,9-10H3,(H,62,63)/b13-11+,16-12+,37-17+,41-29+. The molecule has 3 saturated heterocycles. The smallest absolute Gasteiger partial charge is 0.329 e. The summed E-state index contributed by atoms with van der Waals surface area (Å²) in [5.41, 5.74) is 4.68. The first kappa shape index (κ1) is 63.7. The van der Waals surface area contributed by atoms with E-state index in [1.54, 1.807) is 41.1 Å². The van der Waals surface area contributed by atoms with E-state index in [9.17, 15) is 29.4 Å². The van der Waals surface area contributed by atoms with E-state index in [2.05, 4.69) is 37.0 Å². The van der Waals surface area contributed by atoms with Crippen LogP contribution in [0.25, 0.3) is 0 Å². The Morgan fingerprint density at radius 3 is 2.35 bits per heavy atom. The number of nitrogens with two attached hydrogens (primary N) is 2. The van der Waals surface area contributed by atoms with Crippen LogP contribution in [0.4, 0.5) is 0 Å². The van der Waals surface area contributed by atoms with Gasteiger partial charge in [-0.2, -0.15) is 5.10 Å². The molecule has 0 radical (unpaired) electrons. The first-order valence-electron chi connectivity index (χ1n) is 28.4. The molecule has 4 heterocycles. The molecule has 0 aromatic rings. The molecule has 0 aromatic heterocycles. The van der Waals surface area contributed by atoms with Gasteiger partial charge < -0.3 is 59.5 Å². The molecule has 0 spiro atoms. The summed E-state index contributed by atoms with van der Waals surface area (Å²) >= 11 is 0. The molecule has 434 valence electrons. The number of aliphatic hydroxyl groups excluding tert-OH is 1. The number of hydrogen-bond donors (Lipinski definition) is 5. The summed E-state index contributed by atoms with van der Waals surface area (Å²) < 4.78 is 42.7. The van der Waals surface area contributed by atoms with Crippen LogP contribution in [0.1, 0.15) is 138 Å². The number of nitrogens with zero attached hydrogens (tertiary/aromatic N) is 2. The number of amides is 1. The van der Waals surface area contributed by atoms with Gasteiger partial charge in [0.05, 0.1) is 44.2 Å². The Morgan fingerprint density at radius 1 is 0.922 bits per heavy atom. The second kappa shape index (κ2) is 31.0. The number of nitrogens with one attached hydrogen (secondary N) is 1. The molecule has 5 aliphatic rings. The van der Waals surface area contributed by atoms with Crippen LogP contribution in [0.5, 0.6) is 0 Å². The lowest BCUT2D eigenvalue weighted by Gasteiger charge is -2.43. The third-order valence-electron chi connectivity index (χ3n) is 16.9. The number of aliphatic hydroxyl groups is 2. The van der Waals surface area contributed by atoms with Crippen molar-refractivity contribution in [3.63, 3.8) is 0 Å². The largest absolute Gasteiger partial charge is 0.460 e. The van der Waals surface area contributed by atoms with Gasteiger partial charge in [0.1, 0.15) is 36.0 Å². The minimum absolute atomic E-state index is 0.0157. The monoisotopic (exact) mass is 1080 g/mol. The van der Waals surface area contributed by atoms with Crippen LogP contribution in [-0.4, -0.2) is 146 Å². The third kappa shape index (κ3) is 17.9. The highest BCUT2D eigenvalue weighted by Crippen LogP contribution is 2.38. The van der Waals surface area contributed by atoms with Crippen LogP contribution in [-0.2, 0) is 52.3 Å². The zero-order valence-corrected chi connectivity index (χ0v) is 47.7. The van der Waals surface area contributed by atoms with E-state index in [1.807, 2.05) is 38.2 Å². The molecule has 5 rings (SSSR count). The number of amidine groups is 1. The Balaban J connectivity index is 1.45.